The van der Waals surface area contributed by atoms with E-state index in [1.807, 2.05) is 30.3 Å². The number of rotatable bonds is 9. The van der Waals surface area contributed by atoms with Crippen LogP contribution in [0.15, 0.2) is 59.5 Å². The van der Waals surface area contributed by atoms with E-state index in [9.17, 15) is 18.0 Å². The highest BCUT2D eigenvalue weighted by atomic mass is 32.2. The van der Waals surface area contributed by atoms with Crippen LogP contribution in [0.1, 0.15) is 22.3 Å². The van der Waals surface area contributed by atoms with Crippen molar-refractivity contribution in [1.82, 2.24) is 9.37 Å². The summed E-state index contributed by atoms with van der Waals surface area (Å²) in [7, 11) is -0.106. The highest BCUT2D eigenvalue weighted by molar-refractivity contribution is 7.89. The first-order valence-electron chi connectivity index (χ1n) is 8.82. The van der Waals surface area contributed by atoms with Gasteiger partial charge < -0.3 is 9.64 Å². The van der Waals surface area contributed by atoms with Crippen molar-refractivity contribution in [3.8, 4) is 0 Å². The van der Waals surface area contributed by atoms with Gasteiger partial charge in [-0.3, -0.25) is 14.4 Å². The Morgan fingerprint density at radius 1 is 1.00 bits per heavy atom. The first-order valence-corrected chi connectivity index (χ1v) is 10.3. The minimum atomic E-state index is -3.89. The van der Waals surface area contributed by atoms with Gasteiger partial charge in [-0.2, -0.15) is 0 Å². The zero-order chi connectivity index (χ0) is 21.4. The van der Waals surface area contributed by atoms with E-state index in [0.29, 0.717) is 0 Å². The standard InChI is InChI=1S/C20H24N2O6S/c1-21(28-3)29(25,26)18-11-7-10-17(14-18)20(24)22(13-12-19(23)27-2)15-16-8-5-4-6-9-16/h4-11,14H,12-13,15H2,1-3H3. The van der Waals surface area contributed by atoms with Crippen LogP contribution in [0.4, 0.5) is 0 Å². The van der Waals surface area contributed by atoms with Gasteiger partial charge in [0.15, 0.2) is 0 Å². The molecule has 0 atom stereocenters. The normalized spacial score (nSPS) is 11.3. The molecule has 0 spiro atoms. The summed E-state index contributed by atoms with van der Waals surface area (Å²) < 4.78 is 30.3. The number of ether oxygens (including phenoxy) is 1. The third kappa shape index (κ3) is 5.86. The van der Waals surface area contributed by atoms with Crippen molar-refractivity contribution in [1.29, 1.82) is 0 Å². The zero-order valence-electron chi connectivity index (χ0n) is 16.6. The smallest absolute Gasteiger partial charge is 0.307 e. The van der Waals surface area contributed by atoms with Crippen LogP contribution in [0.2, 0.25) is 0 Å². The Balaban J connectivity index is 2.32. The molecule has 0 aliphatic carbocycles. The largest absolute Gasteiger partial charge is 0.469 e. The lowest BCUT2D eigenvalue weighted by Crippen LogP contribution is -2.33. The monoisotopic (exact) mass is 420 g/mol. The van der Waals surface area contributed by atoms with Gasteiger partial charge in [0.1, 0.15) is 0 Å². The second-order valence-corrected chi connectivity index (χ2v) is 8.10. The van der Waals surface area contributed by atoms with Crippen LogP contribution in [-0.2, 0) is 30.9 Å². The molecule has 0 fully saturated rings. The van der Waals surface area contributed by atoms with E-state index in [-0.39, 0.29) is 30.0 Å². The number of methoxy groups -OCH3 is 1. The van der Waals surface area contributed by atoms with Gasteiger partial charge in [0.25, 0.3) is 15.9 Å². The molecule has 2 aromatic rings. The van der Waals surface area contributed by atoms with Gasteiger partial charge in [0.2, 0.25) is 0 Å². The predicted octanol–water partition coefficient (Wildman–Crippen LogP) is 2.07. The number of hydrogen-bond acceptors (Lipinski definition) is 6. The second kappa shape index (κ2) is 10.1. The molecule has 0 aliphatic heterocycles. The summed E-state index contributed by atoms with van der Waals surface area (Å²) in [4.78, 5) is 30.9. The molecular formula is C20H24N2O6S. The van der Waals surface area contributed by atoms with E-state index in [1.54, 1.807) is 0 Å². The van der Waals surface area contributed by atoms with E-state index in [4.69, 9.17) is 4.84 Å². The quantitative estimate of drug-likeness (QED) is 0.455. The van der Waals surface area contributed by atoms with Crippen molar-refractivity contribution in [3.63, 3.8) is 0 Å². The number of hydrogen-bond donors (Lipinski definition) is 0. The lowest BCUT2D eigenvalue weighted by atomic mass is 10.1. The number of sulfonamides is 1. The highest BCUT2D eigenvalue weighted by Crippen LogP contribution is 2.18. The Morgan fingerprint density at radius 2 is 1.69 bits per heavy atom. The van der Waals surface area contributed by atoms with Gasteiger partial charge in [-0.1, -0.05) is 40.9 Å². The molecule has 29 heavy (non-hydrogen) atoms. The van der Waals surface area contributed by atoms with Gasteiger partial charge in [-0.25, -0.2) is 8.42 Å². The molecule has 0 N–H and O–H groups in total. The molecule has 0 aromatic heterocycles. The summed E-state index contributed by atoms with van der Waals surface area (Å²) in [6, 6.07) is 15.0. The average molecular weight is 420 g/mol. The van der Waals surface area contributed by atoms with Gasteiger partial charge in [-0.05, 0) is 23.8 Å². The van der Waals surface area contributed by atoms with Crippen LogP contribution in [0, 0.1) is 0 Å². The van der Waals surface area contributed by atoms with Crippen molar-refractivity contribution < 1.29 is 27.6 Å². The second-order valence-electron chi connectivity index (χ2n) is 6.16. The van der Waals surface area contributed by atoms with E-state index >= 15 is 0 Å². The maximum atomic E-state index is 13.1. The number of carbonyl (C=O) groups is 2. The van der Waals surface area contributed by atoms with Crippen LogP contribution in [0.25, 0.3) is 0 Å². The third-order valence-corrected chi connectivity index (χ3v) is 5.97. The van der Waals surface area contributed by atoms with Crippen LogP contribution in [0.5, 0.6) is 0 Å². The maximum absolute atomic E-state index is 13.1. The Morgan fingerprint density at radius 3 is 2.31 bits per heavy atom. The average Bonchev–Trinajstić information content (AvgIpc) is 2.75. The number of esters is 1. The molecule has 0 saturated heterocycles. The Labute approximate surface area is 170 Å². The summed E-state index contributed by atoms with van der Waals surface area (Å²) in [5.41, 5.74) is 1.07. The first-order chi connectivity index (χ1) is 13.8. The first kappa shape index (κ1) is 22.5. The summed E-state index contributed by atoms with van der Waals surface area (Å²) in [6.07, 6.45) is 0.0273. The zero-order valence-corrected chi connectivity index (χ0v) is 17.4. The third-order valence-electron chi connectivity index (χ3n) is 4.29. The van der Waals surface area contributed by atoms with Gasteiger partial charge in [-0.15, -0.1) is 0 Å². The highest BCUT2D eigenvalue weighted by Gasteiger charge is 2.24. The summed E-state index contributed by atoms with van der Waals surface area (Å²) >= 11 is 0. The molecule has 156 valence electrons. The van der Waals surface area contributed by atoms with Gasteiger partial charge >= 0.3 is 5.97 Å². The molecule has 0 heterocycles. The fourth-order valence-electron chi connectivity index (χ4n) is 2.60. The van der Waals surface area contributed by atoms with E-state index < -0.39 is 21.9 Å². The number of hydroxylamine groups is 1. The molecule has 0 aliphatic rings. The summed E-state index contributed by atoms with van der Waals surface area (Å²) in [6.45, 7) is 0.404. The number of amides is 1. The van der Waals surface area contributed by atoms with Crippen LogP contribution in [0.3, 0.4) is 0 Å². The van der Waals surface area contributed by atoms with E-state index in [2.05, 4.69) is 4.74 Å². The number of nitrogens with zero attached hydrogens (tertiary/aromatic N) is 2. The lowest BCUT2D eigenvalue weighted by Gasteiger charge is -2.23. The van der Waals surface area contributed by atoms with Gasteiger partial charge in [0.05, 0.1) is 25.5 Å². The van der Waals surface area contributed by atoms with E-state index in [1.165, 1.54) is 50.4 Å². The summed E-state index contributed by atoms with van der Waals surface area (Å²) in [5, 5.41) is 0. The molecule has 0 saturated carbocycles. The molecule has 1 amide bonds. The van der Waals surface area contributed by atoms with Crippen LogP contribution in [-0.4, -0.2) is 57.5 Å². The fourth-order valence-corrected chi connectivity index (χ4v) is 3.62. The topological polar surface area (TPSA) is 93.2 Å². The lowest BCUT2D eigenvalue weighted by molar-refractivity contribution is -0.140. The molecule has 0 bridgehead atoms. The van der Waals surface area contributed by atoms with Crippen molar-refractivity contribution in [2.24, 2.45) is 0 Å². The number of benzene rings is 2. The minimum Gasteiger partial charge on any atom is -0.469 e. The van der Waals surface area contributed by atoms with Crippen molar-refractivity contribution in [2.45, 2.75) is 17.9 Å². The Hall–Kier alpha value is -2.75. The fraction of sp³-hybridized carbons (Fsp3) is 0.300. The molecule has 9 heteroatoms. The van der Waals surface area contributed by atoms with Crippen LogP contribution < -0.4 is 0 Å². The molecule has 8 nitrogen and oxygen atoms in total. The summed E-state index contributed by atoms with van der Waals surface area (Å²) in [5.74, 6) is -0.830. The molecule has 2 rings (SSSR count). The molecule has 0 radical (unpaired) electrons. The molecule has 2 aromatic carbocycles. The van der Waals surface area contributed by atoms with Crippen molar-refractivity contribution in [2.75, 3.05) is 27.8 Å². The molecular weight excluding hydrogens is 396 g/mol. The van der Waals surface area contributed by atoms with Crippen molar-refractivity contribution >= 4 is 21.9 Å². The van der Waals surface area contributed by atoms with E-state index in [0.717, 1.165) is 10.0 Å². The van der Waals surface area contributed by atoms with Gasteiger partial charge in [0, 0.05) is 25.7 Å². The number of carbonyl (C=O) groups excluding carboxylic acids is 2. The Bertz CT molecular complexity index is 946. The van der Waals surface area contributed by atoms with Crippen LogP contribution >= 0.6 is 0 Å². The minimum absolute atomic E-state index is 0.0273. The molecule has 0 unspecified atom stereocenters. The maximum Gasteiger partial charge on any atom is 0.307 e. The SMILES string of the molecule is COC(=O)CCN(Cc1ccccc1)C(=O)c1cccc(S(=O)(=O)N(C)OC)c1. The van der Waals surface area contributed by atoms with Crippen molar-refractivity contribution in [3.05, 3.63) is 65.7 Å². The Kier molecular flexibility index (Phi) is 7.89. The predicted molar refractivity (Wildman–Crippen MR) is 106 cm³/mol.